The van der Waals surface area contributed by atoms with Crippen molar-refractivity contribution in [3.05, 3.63) is 23.8 Å². The fraction of sp³-hybridized carbons (Fsp3) is 0.417. The third-order valence-corrected chi connectivity index (χ3v) is 2.21. The summed E-state index contributed by atoms with van der Waals surface area (Å²) in [5.41, 5.74) is 8.21. The molecule has 0 heterocycles. The third-order valence-electron chi connectivity index (χ3n) is 2.21. The van der Waals surface area contributed by atoms with Crippen LogP contribution in [-0.4, -0.2) is 5.91 Å². The number of hydrogen-bond donors (Lipinski definition) is 2. The first kappa shape index (κ1) is 11.6. The quantitative estimate of drug-likeness (QED) is 0.694. The normalized spacial score (nSPS) is 11.2. The highest BCUT2D eigenvalue weighted by Gasteiger charge is 2.19. The molecule has 0 bridgehead atoms. The maximum atomic E-state index is 11.1. The standard InChI is InChI=1S/C12H18N2O/c1-8(15)14-11-9(12(2,3)4)6-5-7-10(11)13/h5-7H,13H2,1-4H3,(H,14,15). The van der Waals surface area contributed by atoms with Gasteiger partial charge >= 0.3 is 0 Å². The molecule has 0 aliphatic heterocycles. The molecule has 0 atom stereocenters. The zero-order valence-corrected chi connectivity index (χ0v) is 9.72. The lowest BCUT2D eigenvalue weighted by atomic mass is 9.85. The lowest BCUT2D eigenvalue weighted by molar-refractivity contribution is -0.114. The van der Waals surface area contributed by atoms with Gasteiger partial charge in [0.2, 0.25) is 5.91 Å². The Kier molecular flexibility index (Phi) is 3.03. The molecule has 3 N–H and O–H groups in total. The SMILES string of the molecule is CC(=O)Nc1c(N)cccc1C(C)(C)C. The Balaban J connectivity index is 3.26. The van der Waals surface area contributed by atoms with Crippen LogP contribution in [0.2, 0.25) is 0 Å². The summed E-state index contributed by atoms with van der Waals surface area (Å²) in [7, 11) is 0. The van der Waals surface area contributed by atoms with Gasteiger partial charge in [0.15, 0.2) is 0 Å². The number of rotatable bonds is 1. The Morgan fingerprint density at radius 3 is 2.40 bits per heavy atom. The molecule has 0 aliphatic carbocycles. The maximum absolute atomic E-state index is 11.1. The monoisotopic (exact) mass is 206 g/mol. The van der Waals surface area contributed by atoms with E-state index in [1.807, 2.05) is 12.1 Å². The van der Waals surface area contributed by atoms with Crippen molar-refractivity contribution in [3.8, 4) is 0 Å². The molecule has 1 aromatic carbocycles. The lowest BCUT2D eigenvalue weighted by Crippen LogP contribution is -2.18. The van der Waals surface area contributed by atoms with E-state index in [1.165, 1.54) is 6.92 Å². The van der Waals surface area contributed by atoms with Gasteiger partial charge in [0.1, 0.15) is 0 Å². The van der Waals surface area contributed by atoms with Crippen LogP contribution < -0.4 is 11.1 Å². The lowest BCUT2D eigenvalue weighted by Gasteiger charge is -2.23. The molecule has 15 heavy (non-hydrogen) atoms. The van der Waals surface area contributed by atoms with E-state index < -0.39 is 0 Å². The molecule has 1 rings (SSSR count). The first-order valence-electron chi connectivity index (χ1n) is 4.99. The number of hydrogen-bond acceptors (Lipinski definition) is 2. The number of anilines is 2. The van der Waals surface area contributed by atoms with Crippen molar-refractivity contribution in [2.45, 2.75) is 33.1 Å². The van der Waals surface area contributed by atoms with Crippen molar-refractivity contribution in [1.82, 2.24) is 0 Å². The minimum absolute atomic E-state index is 0.0346. The number of nitrogen functional groups attached to an aromatic ring is 1. The zero-order valence-electron chi connectivity index (χ0n) is 9.72. The van der Waals surface area contributed by atoms with Gasteiger partial charge in [-0.3, -0.25) is 4.79 Å². The van der Waals surface area contributed by atoms with Crippen LogP contribution in [0.4, 0.5) is 11.4 Å². The Labute approximate surface area is 90.7 Å². The molecule has 0 unspecified atom stereocenters. The molecule has 3 heteroatoms. The number of amides is 1. The second kappa shape index (κ2) is 3.93. The fourth-order valence-electron chi connectivity index (χ4n) is 1.51. The van der Waals surface area contributed by atoms with Gasteiger partial charge in [-0.2, -0.15) is 0 Å². The van der Waals surface area contributed by atoms with E-state index >= 15 is 0 Å². The van der Waals surface area contributed by atoms with Crippen molar-refractivity contribution in [2.24, 2.45) is 0 Å². The predicted molar refractivity (Wildman–Crippen MR) is 63.9 cm³/mol. The number of nitrogens with two attached hydrogens (primary N) is 1. The smallest absolute Gasteiger partial charge is 0.221 e. The third kappa shape index (κ3) is 2.72. The van der Waals surface area contributed by atoms with Crippen LogP contribution in [0, 0.1) is 0 Å². The number of carbonyl (C=O) groups is 1. The molecule has 3 nitrogen and oxygen atoms in total. The molecule has 0 aromatic heterocycles. The van der Waals surface area contributed by atoms with E-state index in [4.69, 9.17) is 5.73 Å². The van der Waals surface area contributed by atoms with Crippen LogP contribution in [0.5, 0.6) is 0 Å². The van der Waals surface area contributed by atoms with Crippen LogP contribution in [0.3, 0.4) is 0 Å². The molecule has 1 aromatic rings. The van der Waals surface area contributed by atoms with E-state index in [0.29, 0.717) is 5.69 Å². The summed E-state index contributed by atoms with van der Waals surface area (Å²) < 4.78 is 0. The number of nitrogens with one attached hydrogen (secondary N) is 1. The van der Waals surface area contributed by atoms with Crippen LogP contribution in [0.25, 0.3) is 0 Å². The zero-order chi connectivity index (χ0) is 11.6. The van der Waals surface area contributed by atoms with E-state index in [2.05, 4.69) is 26.1 Å². The summed E-state index contributed by atoms with van der Waals surface area (Å²) in [5.74, 6) is -0.0987. The molecule has 0 aliphatic rings. The highest BCUT2D eigenvalue weighted by atomic mass is 16.1. The van der Waals surface area contributed by atoms with Crippen molar-refractivity contribution in [1.29, 1.82) is 0 Å². The minimum Gasteiger partial charge on any atom is -0.397 e. The highest BCUT2D eigenvalue weighted by Crippen LogP contribution is 2.33. The summed E-state index contributed by atoms with van der Waals surface area (Å²) in [4.78, 5) is 11.1. The van der Waals surface area contributed by atoms with Crippen molar-refractivity contribution in [3.63, 3.8) is 0 Å². The number of para-hydroxylation sites is 1. The van der Waals surface area contributed by atoms with Gasteiger partial charge in [0.25, 0.3) is 0 Å². The predicted octanol–water partition coefficient (Wildman–Crippen LogP) is 2.52. The van der Waals surface area contributed by atoms with Crippen molar-refractivity contribution in [2.75, 3.05) is 11.1 Å². The van der Waals surface area contributed by atoms with Gasteiger partial charge in [-0.25, -0.2) is 0 Å². The number of benzene rings is 1. The first-order valence-corrected chi connectivity index (χ1v) is 4.99. The van der Waals surface area contributed by atoms with E-state index in [-0.39, 0.29) is 11.3 Å². The van der Waals surface area contributed by atoms with Crippen molar-refractivity contribution >= 4 is 17.3 Å². The van der Waals surface area contributed by atoms with Crippen LogP contribution in [0.1, 0.15) is 33.3 Å². The van der Waals surface area contributed by atoms with Gasteiger partial charge in [-0.05, 0) is 17.0 Å². The number of carbonyl (C=O) groups excluding carboxylic acids is 1. The second-order valence-corrected chi connectivity index (χ2v) is 4.70. The molecule has 0 saturated carbocycles. The Morgan fingerprint density at radius 2 is 1.93 bits per heavy atom. The highest BCUT2D eigenvalue weighted by molar-refractivity contribution is 5.93. The second-order valence-electron chi connectivity index (χ2n) is 4.70. The van der Waals surface area contributed by atoms with Gasteiger partial charge in [0, 0.05) is 6.92 Å². The van der Waals surface area contributed by atoms with Gasteiger partial charge in [-0.1, -0.05) is 32.9 Å². The van der Waals surface area contributed by atoms with E-state index in [0.717, 1.165) is 11.3 Å². The summed E-state index contributed by atoms with van der Waals surface area (Å²) in [5, 5.41) is 2.78. The van der Waals surface area contributed by atoms with Gasteiger partial charge < -0.3 is 11.1 Å². The molecule has 0 spiro atoms. The topological polar surface area (TPSA) is 55.1 Å². The van der Waals surface area contributed by atoms with Gasteiger partial charge in [-0.15, -0.1) is 0 Å². The molecule has 0 saturated heterocycles. The summed E-state index contributed by atoms with van der Waals surface area (Å²) >= 11 is 0. The van der Waals surface area contributed by atoms with E-state index in [9.17, 15) is 4.79 Å². The van der Waals surface area contributed by atoms with Crippen molar-refractivity contribution < 1.29 is 4.79 Å². The fourth-order valence-corrected chi connectivity index (χ4v) is 1.51. The molecular formula is C12H18N2O. The molecule has 0 fully saturated rings. The Bertz CT molecular complexity index is 378. The minimum atomic E-state index is -0.0987. The summed E-state index contributed by atoms with van der Waals surface area (Å²) in [6, 6.07) is 5.68. The molecular weight excluding hydrogens is 188 g/mol. The molecule has 1 amide bonds. The van der Waals surface area contributed by atoms with Crippen LogP contribution >= 0.6 is 0 Å². The van der Waals surface area contributed by atoms with Crippen LogP contribution in [-0.2, 0) is 10.2 Å². The Morgan fingerprint density at radius 1 is 1.33 bits per heavy atom. The average molecular weight is 206 g/mol. The Hall–Kier alpha value is -1.51. The largest absolute Gasteiger partial charge is 0.397 e. The maximum Gasteiger partial charge on any atom is 0.221 e. The first-order chi connectivity index (χ1) is 6.82. The molecule has 0 radical (unpaired) electrons. The molecule has 82 valence electrons. The van der Waals surface area contributed by atoms with Crippen LogP contribution in [0.15, 0.2) is 18.2 Å². The summed E-state index contributed by atoms with van der Waals surface area (Å²) in [6.07, 6.45) is 0. The van der Waals surface area contributed by atoms with E-state index in [1.54, 1.807) is 6.07 Å². The summed E-state index contributed by atoms with van der Waals surface area (Å²) in [6.45, 7) is 7.76. The average Bonchev–Trinajstić information content (AvgIpc) is 2.05. The van der Waals surface area contributed by atoms with Gasteiger partial charge in [0.05, 0.1) is 11.4 Å².